The normalized spacial score (nSPS) is 28.7. The third-order valence-electron chi connectivity index (χ3n) is 4.03. The van der Waals surface area contributed by atoms with Gasteiger partial charge in [0.15, 0.2) is 0 Å². The molecule has 0 N–H and O–H groups in total. The third kappa shape index (κ3) is 2.84. The Morgan fingerprint density at radius 3 is 2.95 bits per heavy atom. The first kappa shape index (κ1) is 13.1. The van der Waals surface area contributed by atoms with E-state index in [1.807, 2.05) is 22.0 Å². The SMILES string of the molecule is O=C1COCCN1C1CCCC(n2cc(Br)cn2)C1. The van der Waals surface area contributed by atoms with Gasteiger partial charge in [0.2, 0.25) is 5.91 Å². The van der Waals surface area contributed by atoms with Gasteiger partial charge in [-0.05, 0) is 41.6 Å². The summed E-state index contributed by atoms with van der Waals surface area (Å²) in [5.74, 6) is 0.138. The van der Waals surface area contributed by atoms with Crippen LogP contribution in [0.15, 0.2) is 16.9 Å². The zero-order valence-corrected chi connectivity index (χ0v) is 12.4. The quantitative estimate of drug-likeness (QED) is 0.834. The van der Waals surface area contributed by atoms with Crippen LogP contribution in [0.1, 0.15) is 31.7 Å². The molecule has 2 unspecified atom stereocenters. The Morgan fingerprint density at radius 1 is 1.37 bits per heavy atom. The number of morpholine rings is 1. The Kier molecular flexibility index (Phi) is 3.88. The summed E-state index contributed by atoms with van der Waals surface area (Å²) < 4.78 is 8.24. The third-order valence-corrected chi connectivity index (χ3v) is 4.44. The van der Waals surface area contributed by atoms with Crippen molar-refractivity contribution in [2.75, 3.05) is 19.8 Å². The molecule has 0 spiro atoms. The van der Waals surface area contributed by atoms with Gasteiger partial charge in [0, 0.05) is 18.8 Å². The molecule has 0 radical (unpaired) electrons. The first-order valence-electron chi connectivity index (χ1n) is 6.81. The summed E-state index contributed by atoms with van der Waals surface area (Å²) in [5, 5.41) is 4.38. The van der Waals surface area contributed by atoms with Crippen LogP contribution in [0.4, 0.5) is 0 Å². The van der Waals surface area contributed by atoms with E-state index in [2.05, 4.69) is 21.0 Å². The highest BCUT2D eigenvalue weighted by atomic mass is 79.9. The minimum atomic E-state index is 0.138. The number of rotatable bonds is 2. The topological polar surface area (TPSA) is 47.4 Å². The molecule has 2 aliphatic rings. The van der Waals surface area contributed by atoms with Gasteiger partial charge in [-0.3, -0.25) is 9.48 Å². The van der Waals surface area contributed by atoms with E-state index in [9.17, 15) is 4.79 Å². The summed E-state index contributed by atoms with van der Waals surface area (Å²) in [7, 11) is 0. The van der Waals surface area contributed by atoms with Gasteiger partial charge >= 0.3 is 0 Å². The molecule has 5 nitrogen and oxygen atoms in total. The molecule has 1 aliphatic heterocycles. The van der Waals surface area contributed by atoms with E-state index in [0.717, 1.165) is 36.7 Å². The average Bonchev–Trinajstić information content (AvgIpc) is 2.86. The maximum atomic E-state index is 11.9. The standard InChI is InChI=1S/C13H18BrN3O2/c14-10-7-15-17(8-10)12-3-1-2-11(6-12)16-4-5-19-9-13(16)18/h7-8,11-12H,1-6,9H2. The molecular weight excluding hydrogens is 310 g/mol. The van der Waals surface area contributed by atoms with Crippen molar-refractivity contribution in [3.05, 3.63) is 16.9 Å². The summed E-state index contributed by atoms with van der Waals surface area (Å²) in [4.78, 5) is 13.9. The minimum Gasteiger partial charge on any atom is -0.370 e. The Hall–Kier alpha value is -0.880. The lowest BCUT2D eigenvalue weighted by Crippen LogP contribution is -2.49. The minimum absolute atomic E-state index is 0.138. The van der Waals surface area contributed by atoms with Crippen molar-refractivity contribution < 1.29 is 9.53 Å². The molecule has 6 heteroatoms. The van der Waals surface area contributed by atoms with Gasteiger partial charge in [0.1, 0.15) is 6.61 Å². The number of carbonyl (C=O) groups is 1. The number of carbonyl (C=O) groups excluding carboxylic acids is 1. The molecule has 3 rings (SSSR count). The van der Waals surface area contributed by atoms with Crippen LogP contribution in [0.3, 0.4) is 0 Å². The molecular formula is C13H18BrN3O2. The van der Waals surface area contributed by atoms with Gasteiger partial charge in [-0.2, -0.15) is 5.10 Å². The van der Waals surface area contributed by atoms with Gasteiger partial charge in [-0.1, -0.05) is 0 Å². The molecule has 0 aromatic carbocycles. The molecule has 2 atom stereocenters. The van der Waals surface area contributed by atoms with Crippen molar-refractivity contribution in [1.82, 2.24) is 14.7 Å². The average molecular weight is 328 g/mol. The maximum absolute atomic E-state index is 11.9. The molecule has 1 amide bonds. The van der Waals surface area contributed by atoms with Gasteiger partial charge in [0.05, 0.1) is 23.3 Å². The molecule has 1 aromatic heterocycles. The fourth-order valence-electron chi connectivity index (χ4n) is 3.09. The number of ether oxygens (including phenoxy) is 1. The van der Waals surface area contributed by atoms with Crippen molar-refractivity contribution in [1.29, 1.82) is 0 Å². The second-order valence-corrected chi connectivity index (χ2v) is 6.17. The lowest BCUT2D eigenvalue weighted by atomic mass is 9.89. The first-order valence-corrected chi connectivity index (χ1v) is 7.60. The highest BCUT2D eigenvalue weighted by Gasteiger charge is 2.32. The second-order valence-electron chi connectivity index (χ2n) is 5.25. The number of halogens is 1. The van der Waals surface area contributed by atoms with Crippen molar-refractivity contribution >= 4 is 21.8 Å². The zero-order valence-electron chi connectivity index (χ0n) is 10.8. The molecule has 2 fully saturated rings. The van der Waals surface area contributed by atoms with Crippen molar-refractivity contribution in [2.45, 2.75) is 37.8 Å². The summed E-state index contributed by atoms with van der Waals surface area (Å²) >= 11 is 3.44. The monoisotopic (exact) mass is 327 g/mol. The maximum Gasteiger partial charge on any atom is 0.248 e. The number of aromatic nitrogens is 2. The van der Waals surface area contributed by atoms with Crippen LogP contribution in [0.2, 0.25) is 0 Å². The van der Waals surface area contributed by atoms with E-state index < -0.39 is 0 Å². The van der Waals surface area contributed by atoms with Gasteiger partial charge in [-0.15, -0.1) is 0 Å². The van der Waals surface area contributed by atoms with Crippen LogP contribution in [0.25, 0.3) is 0 Å². The summed E-state index contributed by atoms with van der Waals surface area (Å²) in [5.41, 5.74) is 0. The largest absolute Gasteiger partial charge is 0.370 e. The summed E-state index contributed by atoms with van der Waals surface area (Å²) in [6.45, 7) is 1.65. The van der Waals surface area contributed by atoms with E-state index in [-0.39, 0.29) is 12.5 Å². The first-order chi connectivity index (χ1) is 9.24. The van der Waals surface area contributed by atoms with Gasteiger partial charge < -0.3 is 9.64 Å². The molecule has 1 saturated heterocycles. The smallest absolute Gasteiger partial charge is 0.248 e. The highest BCUT2D eigenvalue weighted by Crippen LogP contribution is 2.32. The Labute approximate surface area is 121 Å². The summed E-state index contributed by atoms with van der Waals surface area (Å²) in [6, 6.07) is 0.749. The molecule has 1 aliphatic carbocycles. The van der Waals surface area contributed by atoms with Gasteiger partial charge in [-0.25, -0.2) is 0 Å². The van der Waals surface area contributed by atoms with Crippen LogP contribution < -0.4 is 0 Å². The highest BCUT2D eigenvalue weighted by molar-refractivity contribution is 9.10. The summed E-state index contributed by atoms with van der Waals surface area (Å²) in [6.07, 6.45) is 8.24. The lowest BCUT2D eigenvalue weighted by molar-refractivity contribution is -0.146. The van der Waals surface area contributed by atoms with Crippen molar-refractivity contribution in [2.24, 2.45) is 0 Å². The van der Waals surface area contributed by atoms with Crippen LogP contribution in [-0.2, 0) is 9.53 Å². The molecule has 1 saturated carbocycles. The fourth-order valence-corrected chi connectivity index (χ4v) is 3.39. The van der Waals surface area contributed by atoms with Crippen LogP contribution in [0.5, 0.6) is 0 Å². The lowest BCUT2D eigenvalue weighted by Gasteiger charge is -2.39. The predicted molar refractivity (Wildman–Crippen MR) is 73.8 cm³/mol. The molecule has 104 valence electrons. The van der Waals surface area contributed by atoms with Crippen molar-refractivity contribution in [3.8, 4) is 0 Å². The van der Waals surface area contributed by atoms with E-state index in [4.69, 9.17) is 4.74 Å². The van der Waals surface area contributed by atoms with E-state index in [1.165, 1.54) is 0 Å². The van der Waals surface area contributed by atoms with Crippen LogP contribution in [-0.4, -0.2) is 46.4 Å². The fraction of sp³-hybridized carbons (Fsp3) is 0.692. The molecule has 1 aromatic rings. The van der Waals surface area contributed by atoms with Crippen molar-refractivity contribution in [3.63, 3.8) is 0 Å². The number of amides is 1. The Balaban J connectivity index is 1.69. The Morgan fingerprint density at radius 2 is 2.21 bits per heavy atom. The zero-order chi connectivity index (χ0) is 13.2. The van der Waals surface area contributed by atoms with Crippen LogP contribution in [0, 0.1) is 0 Å². The van der Waals surface area contributed by atoms with E-state index in [1.54, 1.807) is 0 Å². The molecule has 0 bridgehead atoms. The molecule has 2 heterocycles. The number of hydrogen-bond donors (Lipinski definition) is 0. The predicted octanol–water partition coefficient (Wildman–Crippen LogP) is 1.99. The van der Waals surface area contributed by atoms with E-state index in [0.29, 0.717) is 18.7 Å². The van der Waals surface area contributed by atoms with Crippen LogP contribution >= 0.6 is 15.9 Å². The number of nitrogens with zero attached hydrogens (tertiary/aromatic N) is 3. The van der Waals surface area contributed by atoms with Gasteiger partial charge in [0.25, 0.3) is 0 Å². The van der Waals surface area contributed by atoms with E-state index >= 15 is 0 Å². The number of hydrogen-bond acceptors (Lipinski definition) is 3. The Bertz CT molecular complexity index is 462. The second kappa shape index (κ2) is 5.63. The molecule has 19 heavy (non-hydrogen) atoms.